The summed E-state index contributed by atoms with van der Waals surface area (Å²) in [6.45, 7) is -2.98. The zero-order valence-corrected chi connectivity index (χ0v) is 12.8. The molecule has 1 amide bonds. The molecule has 1 aliphatic rings. The van der Waals surface area contributed by atoms with E-state index in [1.165, 1.54) is 36.2 Å². The van der Waals surface area contributed by atoms with Crippen molar-refractivity contribution >= 4 is 11.9 Å². The Labute approximate surface area is 132 Å². The van der Waals surface area contributed by atoms with Gasteiger partial charge >= 0.3 is 12.6 Å². The van der Waals surface area contributed by atoms with Crippen molar-refractivity contribution in [2.75, 3.05) is 7.05 Å². The molecule has 0 atom stereocenters. The highest BCUT2D eigenvalue weighted by Gasteiger charge is 2.45. The minimum atomic E-state index is -2.98. The number of alkyl halides is 2. The van der Waals surface area contributed by atoms with Gasteiger partial charge in [0.2, 0.25) is 0 Å². The van der Waals surface area contributed by atoms with Gasteiger partial charge < -0.3 is 14.7 Å². The van der Waals surface area contributed by atoms with Gasteiger partial charge in [-0.3, -0.25) is 4.79 Å². The number of likely N-dealkylation sites (N-methyl/N-ethyl adjacent to an activating group) is 1. The Bertz CT molecular complexity index is 585. The maximum Gasteiger partial charge on any atom is 0.387 e. The molecule has 1 aromatic carbocycles. The molecule has 0 aromatic heterocycles. The van der Waals surface area contributed by atoms with E-state index in [0.717, 1.165) is 19.3 Å². The number of benzene rings is 1. The summed E-state index contributed by atoms with van der Waals surface area (Å²) in [5.41, 5.74) is -1.12. The van der Waals surface area contributed by atoms with Crippen LogP contribution in [0.15, 0.2) is 24.3 Å². The number of carboxylic acid groups (broad SMARTS) is 1. The number of ether oxygens (including phenoxy) is 1. The Morgan fingerprint density at radius 2 is 1.91 bits per heavy atom. The molecule has 0 aliphatic heterocycles. The van der Waals surface area contributed by atoms with Crippen LogP contribution >= 0.6 is 0 Å². The second kappa shape index (κ2) is 6.93. The van der Waals surface area contributed by atoms with E-state index in [2.05, 4.69) is 4.74 Å². The molecule has 1 saturated carbocycles. The maximum absolute atomic E-state index is 12.6. The van der Waals surface area contributed by atoms with E-state index < -0.39 is 24.0 Å². The highest BCUT2D eigenvalue weighted by atomic mass is 19.3. The van der Waals surface area contributed by atoms with Crippen LogP contribution in [0.3, 0.4) is 0 Å². The van der Waals surface area contributed by atoms with Gasteiger partial charge in [-0.2, -0.15) is 8.78 Å². The van der Waals surface area contributed by atoms with Gasteiger partial charge in [-0.15, -0.1) is 0 Å². The van der Waals surface area contributed by atoms with Gasteiger partial charge in [0.05, 0.1) is 0 Å². The van der Waals surface area contributed by atoms with Crippen molar-refractivity contribution in [2.24, 2.45) is 0 Å². The summed E-state index contributed by atoms with van der Waals surface area (Å²) in [7, 11) is 1.45. The molecule has 1 aromatic rings. The summed E-state index contributed by atoms with van der Waals surface area (Å²) in [5.74, 6) is -1.69. The van der Waals surface area contributed by atoms with E-state index in [4.69, 9.17) is 0 Å². The molecule has 2 rings (SSSR count). The summed E-state index contributed by atoms with van der Waals surface area (Å²) in [6, 6.07) is 5.39. The van der Waals surface area contributed by atoms with Crippen LogP contribution in [0.5, 0.6) is 5.75 Å². The molecule has 0 heterocycles. The molecule has 126 valence electrons. The quantitative estimate of drug-likeness (QED) is 0.902. The Morgan fingerprint density at radius 1 is 1.26 bits per heavy atom. The van der Waals surface area contributed by atoms with Crippen molar-refractivity contribution in [3.05, 3.63) is 29.8 Å². The molecule has 0 saturated heterocycles. The summed E-state index contributed by atoms with van der Waals surface area (Å²) < 4.78 is 28.8. The van der Waals surface area contributed by atoms with E-state index in [1.807, 2.05) is 0 Å². The number of aliphatic carboxylic acids is 1. The molecule has 1 N–H and O–H groups in total. The second-order valence-corrected chi connectivity index (χ2v) is 5.67. The van der Waals surface area contributed by atoms with Gasteiger partial charge in [-0.25, -0.2) is 4.79 Å². The number of carboxylic acids is 1. The van der Waals surface area contributed by atoms with Crippen molar-refractivity contribution in [1.82, 2.24) is 4.90 Å². The number of hydrogen-bond donors (Lipinski definition) is 1. The maximum atomic E-state index is 12.6. The first-order chi connectivity index (χ1) is 10.9. The van der Waals surface area contributed by atoms with Gasteiger partial charge in [-0.1, -0.05) is 25.3 Å². The number of carbonyl (C=O) groups is 2. The van der Waals surface area contributed by atoms with Gasteiger partial charge in [0.1, 0.15) is 11.3 Å². The largest absolute Gasteiger partial charge is 0.479 e. The predicted octanol–water partition coefficient (Wildman–Crippen LogP) is 3.15. The molecular weight excluding hydrogens is 308 g/mol. The van der Waals surface area contributed by atoms with Crippen LogP contribution in [0.4, 0.5) is 8.78 Å². The lowest BCUT2D eigenvalue weighted by atomic mass is 9.80. The van der Waals surface area contributed by atoms with Crippen LogP contribution in [0.25, 0.3) is 0 Å². The number of amides is 1. The van der Waals surface area contributed by atoms with Crippen LogP contribution in [0.1, 0.15) is 42.5 Å². The number of halogens is 2. The van der Waals surface area contributed by atoms with Crippen LogP contribution in [0, 0.1) is 0 Å². The molecule has 0 radical (unpaired) electrons. The first-order valence-electron chi connectivity index (χ1n) is 7.43. The molecule has 5 nitrogen and oxygen atoms in total. The molecule has 7 heteroatoms. The fourth-order valence-corrected chi connectivity index (χ4v) is 3.02. The van der Waals surface area contributed by atoms with E-state index in [0.29, 0.717) is 12.8 Å². The monoisotopic (exact) mass is 327 g/mol. The fraction of sp³-hybridized carbons (Fsp3) is 0.500. The Kier molecular flexibility index (Phi) is 5.18. The number of rotatable bonds is 5. The van der Waals surface area contributed by atoms with Crippen molar-refractivity contribution in [3.8, 4) is 5.75 Å². The molecule has 0 bridgehead atoms. The molecular formula is C16H19F2NO4. The molecule has 0 unspecified atom stereocenters. The summed E-state index contributed by atoms with van der Waals surface area (Å²) in [4.78, 5) is 25.6. The van der Waals surface area contributed by atoms with Gasteiger partial charge in [-0.05, 0) is 31.0 Å². The van der Waals surface area contributed by atoms with E-state index in [9.17, 15) is 23.5 Å². The summed E-state index contributed by atoms with van der Waals surface area (Å²) >= 11 is 0. The first-order valence-corrected chi connectivity index (χ1v) is 7.43. The SMILES string of the molecule is CN(C(=O)c1cccc(OC(F)F)c1)C1(C(=O)O)CCCCC1. The van der Waals surface area contributed by atoms with Crippen molar-refractivity contribution < 1.29 is 28.2 Å². The summed E-state index contributed by atoms with van der Waals surface area (Å²) in [5, 5.41) is 9.61. The van der Waals surface area contributed by atoms with Crippen LogP contribution < -0.4 is 4.74 Å². The van der Waals surface area contributed by atoms with Gasteiger partial charge in [0.15, 0.2) is 0 Å². The third kappa shape index (κ3) is 3.60. The molecule has 0 spiro atoms. The fourth-order valence-electron chi connectivity index (χ4n) is 3.02. The lowest BCUT2D eigenvalue weighted by Crippen LogP contribution is -2.56. The van der Waals surface area contributed by atoms with E-state index in [1.54, 1.807) is 0 Å². The highest BCUT2D eigenvalue weighted by molar-refractivity contribution is 5.98. The average molecular weight is 327 g/mol. The molecule has 1 aliphatic carbocycles. The van der Waals surface area contributed by atoms with E-state index in [-0.39, 0.29) is 11.3 Å². The van der Waals surface area contributed by atoms with Gasteiger partial charge in [0.25, 0.3) is 5.91 Å². The minimum Gasteiger partial charge on any atom is -0.479 e. The Morgan fingerprint density at radius 3 is 2.48 bits per heavy atom. The van der Waals surface area contributed by atoms with E-state index >= 15 is 0 Å². The van der Waals surface area contributed by atoms with Crippen molar-refractivity contribution in [1.29, 1.82) is 0 Å². The van der Waals surface area contributed by atoms with Crippen molar-refractivity contribution in [3.63, 3.8) is 0 Å². The number of nitrogens with zero attached hydrogens (tertiary/aromatic N) is 1. The lowest BCUT2D eigenvalue weighted by Gasteiger charge is -2.41. The van der Waals surface area contributed by atoms with Crippen LogP contribution in [0.2, 0.25) is 0 Å². The molecule has 23 heavy (non-hydrogen) atoms. The normalized spacial score (nSPS) is 16.9. The third-order valence-corrected chi connectivity index (χ3v) is 4.33. The first kappa shape index (κ1) is 17.2. The zero-order valence-electron chi connectivity index (χ0n) is 12.8. The smallest absolute Gasteiger partial charge is 0.387 e. The zero-order chi connectivity index (χ0) is 17.0. The lowest BCUT2D eigenvalue weighted by molar-refractivity contribution is -0.151. The van der Waals surface area contributed by atoms with Crippen LogP contribution in [-0.2, 0) is 4.79 Å². The van der Waals surface area contributed by atoms with Gasteiger partial charge in [0, 0.05) is 12.6 Å². The third-order valence-electron chi connectivity index (χ3n) is 4.33. The topological polar surface area (TPSA) is 66.8 Å². The standard InChI is InChI=1S/C16H19F2NO4/c1-19(16(14(21)22)8-3-2-4-9-16)13(20)11-6-5-7-12(10-11)23-15(17)18/h5-7,10,15H,2-4,8-9H2,1H3,(H,21,22). The summed E-state index contributed by atoms with van der Waals surface area (Å²) in [6.07, 6.45) is 3.18. The number of carbonyl (C=O) groups excluding carboxylic acids is 1. The minimum absolute atomic E-state index is 0.122. The van der Waals surface area contributed by atoms with Crippen molar-refractivity contribution in [2.45, 2.75) is 44.3 Å². The second-order valence-electron chi connectivity index (χ2n) is 5.67. The Balaban J connectivity index is 2.26. The number of hydrogen-bond acceptors (Lipinski definition) is 3. The van der Waals surface area contributed by atoms with Crippen LogP contribution in [-0.4, -0.2) is 41.1 Å². The predicted molar refractivity (Wildman–Crippen MR) is 78.6 cm³/mol. The molecule has 1 fully saturated rings. The Hall–Kier alpha value is -2.18. The highest BCUT2D eigenvalue weighted by Crippen LogP contribution is 2.34. The average Bonchev–Trinajstić information content (AvgIpc) is 2.53.